The Hall–Kier alpha value is -0.780. The molecular weight excluding hydrogens is 364 g/mol. The Morgan fingerprint density at radius 2 is 1.64 bits per heavy atom. The quantitative estimate of drug-likeness (QED) is 0.708. The fourth-order valence-electron chi connectivity index (χ4n) is 1.68. The fraction of sp³-hybridized carbons (Fsp3) is 0.333. The topological polar surface area (TPSA) is 83.6 Å². The molecule has 10 heteroatoms. The first-order valence-electron chi connectivity index (χ1n) is 6.37. The lowest BCUT2D eigenvalue weighted by Gasteiger charge is -2.15. The van der Waals surface area contributed by atoms with Crippen molar-refractivity contribution >= 4 is 42.7 Å². The number of hydrogen-bond donors (Lipinski definition) is 1. The maximum absolute atomic E-state index is 12.2. The van der Waals surface area contributed by atoms with Crippen LogP contribution in [0.15, 0.2) is 43.4 Å². The highest BCUT2D eigenvalue weighted by atomic mass is 32.3. The maximum Gasteiger partial charge on any atom is 0.252 e. The average molecular weight is 381 g/mol. The van der Waals surface area contributed by atoms with E-state index < -0.39 is 20.0 Å². The Morgan fingerprint density at radius 3 is 2.18 bits per heavy atom. The Labute approximate surface area is 138 Å². The molecule has 2 rings (SSSR count). The van der Waals surface area contributed by atoms with E-state index in [4.69, 9.17) is 0 Å². The first kappa shape index (κ1) is 17.6. The SMILES string of the molecule is CN(CCCNS(=O)(=O)c1cccs1)S(=O)(=O)c1cccs1. The van der Waals surface area contributed by atoms with Gasteiger partial charge >= 0.3 is 0 Å². The van der Waals surface area contributed by atoms with Gasteiger partial charge in [0.05, 0.1) is 0 Å². The smallest absolute Gasteiger partial charge is 0.210 e. The molecule has 2 aromatic rings. The summed E-state index contributed by atoms with van der Waals surface area (Å²) in [5.74, 6) is 0. The van der Waals surface area contributed by atoms with Crippen LogP contribution in [0.5, 0.6) is 0 Å². The molecule has 0 amide bonds. The van der Waals surface area contributed by atoms with Crippen molar-refractivity contribution in [1.29, 1.82) is 0 Å². The lowest BCUT2D eigenvalue weighted by molar-refractivity contribution is 0.462. The molecule has 2 aromatic heterocycles. The molecule has 0 bridgehead atoms. The van der Waals surface area contributed by atoms with Gasteiger partial charge in [0, 0.05) is 20.1 Å². The van der Waals surface area contributed by atoms with Crippen LogP contribution in [-0.4, -0.2) is 41.3 Å². The van der Waals surface area contributed by atoms with Crippen molar-refractivity contribution in [2.75, 3.05) is 20.1 Å². The van der Waals surface area contributed by atoms with Gasteiger partial charge in [0.2, 0.25) is 10.0 Å². The first-order chi connectivity index (χ1) is 10.3. The third-order valence-electron chi connectivity index (χ3n) is 2.86. The highest BCUT2D eigenvalue weighted by Crippen LogP contribution is 2.20. The number of hydrogen-bond acceptors (Lipinski definition) is 6. The molecule has 22 heavy (non-hydrogen) atoms. The third kappa shape index (κ3) is 4.15. The predicted octanol–water partition coefficient (Wildman–Crippen LogP) is 1.80. The van der Waals surface area contributed by atoms with Crippen molar-refractivity contribution in [2.45, 2.75) is 14.8 Å². The Bertz CT molecular complexity index is 780. The van der Waals surface area contributed by atoms with Crippen LogP contribution in [0.2, 0.25) is 0 Å². The molecule has 0 unspecified atom stereocenters. The molecule has 0 atom stereocenters. The Kier molecular flexibility index (Phi) is 5.75. The van der Waals surface area contributed by atoms with Crippen molar-refractivity contribution in [2.24, 2.45) is 0 Å². The number of nitrogens with one attached hydrogen (secondary N) is 1. The van der Waals surface area contributed by atoms with Crippen LogP contribution < -0.4 is 4.72 Å². The third-order valence-corrected chi connectivity index (χ3v) is 8.95. The minimum Gasteiger partial charge on any atom is -0.210 e. The van der Waals surface area contributed by atoms with Gasteiger partial charge in [0.25, 0.3) is 10.0 Å². The van der Waals surface area contributed by atoms with E-state index in [0.717, 1.165) is 22.7 Å². The molecule has 122 valence electrons. The summed E-state index contributed by atoms with van der Waals surface area (Å²) in [5, 5.41) is 3.39. The number of sulfonamides is 2. The second-order valence-corrected chi connectivity index (χ2v) is 10.6. The number of thiophene rings is 2. The second-order valence-electron chi connectivity index (χ2n) is 4.44. The van der Waals surface area contributed by atoms with E-state index in [1.807, 2.05) is 0 Å². The average Bonchev–Trinajstić information content (AvgIpc) is 3.15. The highest BCUT2D eigenvalue weighted by Gasteiger charge is 2.21. The first-order valence-corrected chi connectivity index (χ1v) is 11.1. The Balaban J connectivity index is 1.84. The van der Waals surface area contributed by atoms with Crippen LogP contribution in [0.3, 0.4) is 0 Å². The fourth-order valence-corrected chi connectivity index (χ4v) is 6.20. The summed E-state index contributed by atoms with van der Waals surface area (Å²) >= 11 is 2.30. The molecule has 2 heterocycles. The van der Waals surface area contributed by atoms with Crippen molar-refractivity contribution < 1.29 is 16.8 Å². The van der Waals surface area contributed by atoms with Crippen molar-refractivity contribution in [3.63, 3.8) is 0 Å². The lowest BCUT2D eigenvalue weighted by Crippen LogP contribution is -2.31. The molecular formula is C12H16N2O4S4. The summed E-state index contributed by atoms with van der Waals surface area (Å²) in [6.45, 7) is 0.428. The zero-order valence-electron chi connectivity index (χ0n) is 11.8. The van der Waals surface area contributed by atoms with Gasteiger partial charge in [-0.2, -0.15) is 0 Å². The molecule has 0 saturated carbocycles. The van der Waals surface area contributed by atoms with Gasteiger partial charge in [0.1, 0.15) is 8.42 Å². The predicted molar refractivity (Wildman–Crippen MR) is 88.3 cm³/mol. The normalized spacial score (nSPS) is 12.8. The van der Waals surface area contributed by atoms with E-state index in [1.54, 1.807) is 29.0 Å². The highest BCUT2D eigenvalue weighted by molar-refractivity contribution is 7.91. The zero-order valence-corrected chi connectivity index (χ0v) is 15.1. The van der Waals surface area contributed by atoms with Gasteiger partial charge in [-0.25, -0.2) is 25.9 Å². The van der Waals surface area contributed by atoms with Crippen molar-refractivity contribution in [3.05, 3.63) is 35.0 Å². The van der Waals surface area contributed by atoms with Crippen LogP contribution >= 0.6 is 22.7 Å². The van der Waals surface area contributed by atoms with E-state index in [-0.39, 0.29) is 21.5 Å². The molecule has 0 aliphatic heterocycles. The molecule has 0 fully saturated rings. The van der Waals surface area contributed by atoms with E-state index >= 15 is 0 Å². The summed E-state index contributed by atoms with van der Waals surface area (Å²) < 4.78 is 52.4. The van der Waals surface area contributed by atoms with Gasteiger partial charge in [-0.05, 0) is 29.3 Å². The molecule has 0 spiro atoms. The number of rotatable bonds is 8. The van der Waals surface area contributed by atoms with E-state index in [0.29, 0.717) is 6.42 Å². The molecule has 0 radical (unpaired) electrons. The number of nitrogens with zero attached hydrogens (tertiary/aromatic N) is 1. The molecule has 1 N–H and O–H groups in total. The molecule has 0 aromatic carbocycles. The van der Waals surface area contributed by atoms with Crippen LogP contribution in [0.1, 0.15) is 6.42 Å². The van der Waals surface area contributed by atoms with Crippen molar-refractivity contribution in [3.8, 4) is 0 Å². The molecule has 0 aliphatic carbocycles. The van der Waals surface area contributed by atoms with Gasteiger partial charge < -0.3 is 0 Å². The van der Waals surface area contributed by atoms with Crippen LogP contribution in [-0.2, 0) is 20.0 Å². The summed E-state index contributed by atoms with van der Waals surface area (Å²) in [6, 6.07) is 6.43. The van der Waals surface area contributed by atoms with Crippen molar-refractivity contribution in [1.82, 2.24) is 9.03 Å². The monoisotopic (exact) mass is 380 g/mol. The summed E-state index contributed by atoms with van der Waals surface area (Å²) in [5.41, 5.74) is 0. The van der Waals surface area contributed by atoms with Crippen LogP contribution in [0.4, 0.5) is 0 Å². The lowest BCUT2D eigenvalue weighted by atomic mass is 10.4. The molecule has 6 nitrogen and oxygen atoms in total. The summed E-state index contributed by atoms with van der Waals surface area (Å²) in [4.78, 5) is 0. The maximum atomic E-state index is 12.2. The minimum atomic E-state index is -3.49. The largest absolute Gasteiger partial charge is 0.252 e. The van der Waals surface area contributed by atoms with Gasteiger partial charge in [-0.15, -0.1) is 22.7 Å². The van der Waals surface area contributed by atoms with Gasteiger partial charge in [-0.3, -0.25) is 0 Å². The second kappa shape index (κ2) is 7.20. The Morgan fingerprint density at radius 1 is 1.05 bits per heavy atom. The zero-order chi connectivity index (χ0) is 16.2. The van der Waals surface area contributed by atoms with E-state index in [9.17, 15) is 16.8 Å². The van der Waals surface area contributed by atoms with Gasteiger partial charge in [0.15, 0.2) is 0 Å². The van der Waals surface area contributed by atoms with Crippen LogP contribution in [0, 0.1) is 0 Å². The molecule has 0 aliphatic rings. The van der Waals surface area contributed by atoms with E-state index in [2.05, 4.69) is 4.72 Å². The molecule has 0 saturated heterocycles. The van der Waals surface area contributed by atoms with Gasteiger partial charge in [-0.1, -0.05) is 12.1 Å². The summed E-state index contributed by atoms with van der Waals surface area (Å²) in [7, 11) is -5.48. The summed E-state index contributed by atoms with van der Waals surface area (Å²) in [6.07, 6.45) is 0.395. The standard InChI is InChI=1S/C12H16N2O4S4/c1-14(22(17,18)12-6-3-10-20-12)8-4-7-13-21(15,16)11-5-2-9-19-11/h2-3,5-6,9-10,13H,4,7-8H2,1H3. The van der Waals surface area contributed by atoms with Crippen LogP contribution in [0.25, 0.3) is 0 Å². The van der Waals surface area contributed by atoms with E-state index in [1.165, 1.54) is 17.4 Å². The minimum absolute atomic E-state index is 0.185.